The number of carbonyl (C=O) groups is 2. The second kappa shape index (κ2) is 7.44. The number of pyridine rings is 1. The van der Waals surface area contributed by atoms with Crippen LogP contribution in [0.2, 0.25) is 0 Å². The van der Waals surface area contributed by atoms with Crippen LogP contribution in [0.3, 0.4) is 0 Å². The number of nitrogens with zero attached hydrogens (tertiary/aromatic N) is 2. The maximum absolute atomic E-state index is 12.6. The molecule has 1 aliphatic rings. The number of aryl methyl sites for hydroxylation is 1. The van der Waals surface area contributed by atoms with Crippen molar-refractivity contribution in [2.24, 2.45) is 5.92 Å². The molecule has 6 heteroatoms. The molecule has 0 aliphatic carbocycles. The summed E-state index contributed by atoms with van der Waals surface area (Å²) in [6.45, 7) is 3.14. The van der Waals surface area contributed by atoms with Gasteiger partial charge in [0.05, 0.1) is 0 Å². The minimum absolute atomic E-state index is 0.0946. The highest BCUT2D eigenvalue weighted by Crippen LogP contribution is 2.22. The zero-order valence-electron chi connectivity index (χ0n) is 14.1. The zero-order chi connectivity index (χ0) is 17.0. The fourth-order valence-corrected chi connectivity index (χ4v) is 3.03. The molecule has 1 aromatic rings. The molecule has 1 N–H and O–H groups in total. The first-order valence-corrected chi connectivity index (χ1v) is 8.07. The maximum atomic E-state index is 12.6. The Balaban J connectivity index is 1.98. The predicted octanol–water partition coefficient (Wildman–Crippen LogP) is 1.40. The van der Waals surface area contributed by atoms with E-state index in [2.05, 4.69) is 4.98 Å². The Morgan fingerprint density at radius 3 is 2.74 bits per heavy atom. The van der Waals surface area contributed by atoms with Crippen LogP contribution in [0.5, 0.6) is 0 Å². The van der Waals surface area contributed by atoms with E-state index in [1.165, 1.54) is 6.07 Å². The Bertz CT molecular complexity index is 636. The molecule has 2 heterocycles. The van der Waals surface area contributed by atoms with Gasteiger partial charge in [0.1, 0.15) is 0 Å². The van der Waals surface area contributed by atoms with Crippen molar-refractivity contribution in [1.82, 2.24) is 14.8 Å². The van der Waals surface area contributed by atoms with Gasteiger partial charge in [0.15, 0.2) is 0 Å². The predicted molar refractivity (Wildman–Crippen MR) is 88.4 cm³/mol. The molecule has 0 aromatic carbocycles. The maximum Gasteiger partial charge on any atom is 0.254 e. The Morgan fingerprint density at radius 2 is 2.09 bits per heavy atom. The van der Waals surface area contributed by atoms with E-state index in [0.29, 0.717) is 36.7 Å². The van der Waals surface area contributed by atoms with Gasteiger partial charge in [0, 0.05) is 50.9 Å². The lowest BCUT2D eigenvalue weighted by Crippen LogP contribution is -2.40. The molecule has 0 radical (unpaired) electrons. The van der Waals surface area contributed by atoms with E-state index < -0.39 is 0 Å². The van der Waals surface area contributed by atoms with Crippen LogP contribution in [0.15, 0.2) is 16.9 Å². The molecule has 0 spiro atoms. The second-order valence-corrected chi connectivity index (χ2v) is 6.50. The van der Waals surface area contributed by atoms with Gasteiger partial charge in [-0.25, -0.2) is 0 Å². The van der Waals surface area contributed by atoms with Crippen LogP contribution in [0.4, 0.5) is 0 Å². The van der Waals surface area contributed by atoms with E-state index in [1.807, 2.05) is 4.90 Å². The average Bonchev–Trinajstić information content (AvgIpc) is 2.51. The first-order chi connectivity index (χ1) is 10.9. The highest BCUT2D eigenvalue weighted by Gasteiger charge is 2.25. The van der Waals surface area contributed by atoms with Crippen molar-refractivity contribution in [2.75, 3.05) is 27.2 Å². The van der Waals surface area contributed by atoms with Crippen LogP contribution < -0.4 is 5.56 Å². The fraction of sp³-hybridized carbons (Fsp3) is 0.588. The number of piperidine rings is 1. The van der Waals surface area contributed by atoms with E-state index in [-0.39, 0.29) is 17.4 Å². The van der Waals surface area contributed by atoms with Crippen LogP contribution in [-0.2, 0) is 4.79 Å². The Labute approximate surface area is 136 Å². The van der Waals surface area contributed by atoms with E-state index in [4.69, 9.17) is 0 Å². The number of aromatic amines is 1. The van der Waals surface area contributed by atoms with Gasteiger partial charge in [-0.1, -0.05) is 0 Å². The lowest BCUT2D eigenvalue weighted by Gasteiger charge is -2.33. The van der Waals surface area contributed by atoms with Crippen molar-refractivity contribution < 1.29 is 9.59 Å². The van der Waals surface area contributed by atoms with Gasteiger partial charge >= 0.3 is 0 Å². The standard InChI is InChI=1S/C17H25N3O3/c1-12-9-14(10-15(21)18-12)17(23)20-8-4-5-13(11-20)6-7-16(22)19(2)3/h9-10,13H,4-8,11H2,1-3H3,(H,18,21). The van der Waals surface area contributed by atoms with Gasteiger partial charge in [-0.05, 0) is 38.2 Å². The van der Waals surface area contributed by atoms with Crippen molar-refractivity contribution >= 4 is 11.8 Å². The summed E-state index contributed by atoms with van der Waals surface area (Å²) >= 11 is 0. The normalized spacial score (nSPS) is 17.9. The summed E-state index contributed by atoms with van der Waals surface area (Å²) in [6.07, 6.45) is 3.30. The van der Waals surface area contributed by atoms with Crippen LogP contribution in [0.25, 0.3) is 0 Å². The summed E-state index contributed by atoms with van der Waals surface area (Å²) in [5.41, 5.74) is 0.876. The summed E-state index contributed by atoms with van der Waals surface area (Å²) in [6, 6.07) is 3.07. The van der Waals surface area contributed by atoms with Gasteiger partial charge in [-0.2, -0.15) is 0 Å². The molecule has 6 nitrogen and oxygen atoms in total. The quantitative estimate of drug-likeness (QED) is 0.912. The molecule has 1 aromatic heterocycles. The van der Waals surface area contributed by atoms with Crippen molar-refractivity contribution in [3.63, 3.8) is 0 Å². The molecule has 1 aliphatic heterocycles. The topological polar surface area (TPSA) is 73.5 Å². The first-order valence-electron chi connectivity index (χ1n) is 8.07. The van der Waals surface area contributed by atoms with Gasteiger partial charge in [0.2, 0.25) is 11.5 Å². The smallest absolute Gasteiger partial charge is 0.254 e. The minimum Gasteiger partial charge on any atom is -0.349 e. The number of nitrogens with one attached hydrogen (secondary N) is 1. The Morgan fingerprint density at radius 1 is 1.35 bits per heavy atom. The lowest BCUT2D eigenvalue weighted by atomic mass is 9.92. The number of H-pyrrole nitrogens is 1. The summed E-state index contributed by atoms with van der Waals surface area (Å²) < 4.78 is 0. The van der Waals surface area contributed by atoms with Gasteiger partial charge < -0.3 is 14.8 Å². The monoisotopic (exact) mass is 319 g/mol. The molecule has 0 bridgehead atoms. The van der Waals surface area contributed by atoms with Crippen LogP contribution >= 0.6 is 0 Å². The fourth-order valence-electron chi connectivity index (χ4n) is 3.03. The summed E-state index contributed by atoms with van der Waals surface area (Å²) in [4.78, 5) is 41.9. The number of hydrogen-bond acceptors (Lipinski definition) is 3. The number of amides is 2. The summed E-state index contributed by atoms with van der Waals surface area (Å²) in [5.74, 6) is 0.376. The minimum atomic E-state index is -0.251. The summed E-state index contributed by atoms with van der Waals surface area (Å²) in [5, 5.41) is 0. The van der Waals surface area contributed by atoms with Crippen LogP contribution in [0, 0.1) is 12.8 Å². The van der Waals surface area contributed by atoms with Crippen molar-refractivity contribution in [3.8, 4) is 0 Å². The molecule has 1 fully saturated rings. The van der Waals surface area contributed by atoms with E-state index in [0.717, 1.165) is 19.3 Å². The zero-order valence-corrected chi connectivity index (χ0v) is 14.1. The van der Waals surface area contributed by atoms with E-state index in [1.54, 1.807) is 32.0 Å². The molecule has 126 valence electrons. The molecule has 0 saturated carbocycles. The number of carbonyl (C=O) groups excluding carboxylic acids is 2. The third-order valence-electron chi connectivity index (χ3n) is 4.30. The van der Waals surface area contributed by atoms with E-state index in [9.17, 15) is 14.4 Å². The van der Waals surface area contributed by atoms with Crippen LogP contribution in [-0.4, -0.2) is 53.8 Å². The Kier molecular flexibility index (Phi) is 5.58. The molecule has 1 saturated heterocycles. The molecule has 2 amide bonds. The third-order valence-corrected chi connectivity index (χ3v) is 4.30. The first kappa shape index (κ1) is 17.2. The molecular weight excluding hydrogens is 294 g/mol. The number of likely N-dealkylation sites (tertiary alicyclic amines) is 1. The van der Waals surface area contributed by atoms with Gasteiger partial charge in [0.25, 0.3) is 5.91 Å². The SMILES string of the molecule is Cc1cc(C(=O)N2CCCC(CCC(=O)N(C)C)C2)cc(=O)[nH]1. The van der Waals surface area contributed by atoms with Crippen molar-refractivity contribution in [3.05, 3.63) is 33.7 Å². The molecular formula is C17H25N3O3. The highest BCUT2D eigenvalue weighted by molar-refractivity contribution is 5.94. The van der Waals surface area contributed by atoms with Crippen molar-refractivity contribution in [1.29, 1.82) is 0 Å². The third kappa shape index (κ3) is 4.68. The lowest BCUT2D eigenvalue weighted by molar-refractivity contribution is -0.129. The van der Waals surface area contributed by atoms with E-state index >= 15 is 0 Å². The van der Waals surface area contributed by atoms with Gasteiger partial charge in [-0.3, -0.25) is 14.4 Å². The molecule has 23 heavy (non-hydrogen) atoms. The van der Waals surface area contributed by atoms with Crippen LogP contribution in [0.1, 0.15) is 41.7 Å². The van der Waals surface area contributed by atoms with Gasteiger partial charge in [-0.15, -0.1) is 0 Å². The number of rotatable bonds is 4. The average molecular weight is 319 g/mol. The Hall–Kier alpha value is -2.11. The molecule has 1 atom stereocenters. The summed E-state index contributed by atoms with van der Waals surface area (Å²) in [7, 11) is 3.52. The van der Waals surface area contributed by atoms with Crippen molar-refractivity contribution in [2.45, 2.75) is 32.6 Å². The highest BCUT2D eigenvalue weighted by atomic mass is 16.2. The second-order valence-electron chi connectivity index (χ2n) is 6.50. The molecule has 1 unspecified atom stereocenters. The number of hydrogen-bond donors (Lipinski definition) is 1. The largest absolute Gasteiger partial charge is 0.349 e. The number of aromatic nitrogens is 1. The molecule has 2 rings (SSSR count).